The fourth-order valence-electron chi connectivity index (χ4n) is 3.19. The highest BCUT2D eigenvalue weighted by Gasteiger charge is 2.22. The van der Waals surface area contributed by atoms with Gasteiger partial charge >= 0.3 is 5.63 Å². The lowest BCUT2D eigenvalue weighted by Gasteiger charge is -2.22. The molecule has 0 aliphatic carbocycles. The second-order valence-corrected chi connectivity index (χ2v) is 7.01. The van der Waals surface area contributed by atoms with E-state index in [1.54, 1.807) is 24.0 Å². The summed E-state index contributed by atoms with van der Waals surface area (Å²) in [6, 6.07) is 1.82. The Hall–Kier alpha value is -1.83. The van der Waals surface area contributed by atoms with Gasteiger partial charge in [0.05, 0.1) is 11.2 Å². The van der Waals surface area contributed by atoms with Crippen molar-refractivity contribution in [3.05, 3.63) is 50.8 Å². The summed E-state index contributed by atoms with van der Waals surface area (Å²) in [5.41, 5.74) is 0.166. The van der Waals surface area contributed by atoms with Crippen LogP contribution in [0.15, 0.2) is 27.7 Å². The molecule has 148 valence electrons. The zero-order chi connectivity index (χ0) is 18.5. The highest BCUT2D eigenvalue weighted by Crippen LogP contribution is 2.23. The third kappa shape index (κ3) is 5.57. The van der Waals surface area contributed by atoms with Gasteiger partial charge in [0.15, 0.2) is 0 Å². The van der Waals surface area contributed by atoms with Gasteiger partial charge < -0.3 is 15.1 Å². The lowest BCUT2D eigenvalue weighted by atomic mass is 9.95. The number of carbonyl (C=O) groups excluding carboxylic acids is 1. The second-order valence-electron chi connectivity index (χ2n) is 6.57. The molecule has 0 bridgehead atoms. The van der Waals surface area contributed by atoms with Crippen LogP contribution < -0.4 is 16.3 Å². The highest BCUT2D eigenvalue weighted by atomic mass is 35.5. The summed E-state index contributed by atoms with van der Waals surface area (Å²) in [6.45, 7) is 4.63. The van der Waals surface area contributed by atoms with Gasteiger partial charge in [0.1, 0.15) is 11.3 Å². The Labute approximate surface area is 168 Å². The number of halogens is 2. The van der Waals surface area contributed by atoms with Crippen molar-refractivity contribution in [2.75, 3.05) is 19.6 Å². The summed E-state index contributed by atoms with van der Waals surface area (Å²) in [5.74, 6) is 0.447. The lowest BCUT2D eigenvalue weighted by molar-refractivity contribution is 0.0947. The van der Waals surface area contributed by atoms with Crippen molar-refractivity contribution in [1.82, 2.24) is 20.4 Å². The highest BCUT2D eigenvalue weighted by molar-refractivity contribution is 6.30. The van der Waals surface area contributed by atoms with Crippen molar-refractivity contribution in [1.29, 1.82) is 0 Å². The molecule has 9 heteroatoms. The minimum atomic E-state index is -0.568. The van der Waals surface area contributed by atoms with Crippen LogP contribution in [0.2, 0.25) is 5.02 Å². The number of nitrogens with zero attached hydrogens (tertiary/aromatic N) is 2. The van der Waals surface area contributed by atoms with E-state index >= 15 is 0 Å². The minimum absolute atomic E-state index is 0. The number of rotatable bonds is 6. The number of carbonyl (C=O) groups is 1. The molecule has 0 radical (unpaired) electrons. The van der Waals surface area contributed by atoms with Gasteiger partial charge in [0, 0.05) is 31.7 Å². The number of aromatic nitrogens is 2. The number of hydrogen-bond acceptors (Lipinski definition) is 5. The first-order valence-electron chi connectivity index (χ1n) is 8.86. The molecule has 0 saturated carbocycles. The van der Waals surface area contributed by atoms with Gasteiger partial charge in [-0.25, -0.2) is 4.79 Å². The predicted molar refractivity (Wildman–Crippen MR) is 106 cm³/mol. The number of piperidine rings is 1. The Morgan fingerprint density at radius 3 is 2.96 bits per heavy atom. The van der Waals surface area contributed by atoms with E-state index < -0.39 is 11.5 Å². The molecule has 3 heterocycles. The van der Waals surface area contributed by atoms with Crippen molar-refractivity contribution in [3.8, 4) is 0 Å². The summed E-state index contributed by atoms with van der Waals surface area (Å²) in [4.78, 5) is 24.7. The molecule has 0 aromatic carbocycles. The largest absolute Gasteiger partial charge is 0.427 e. The van der Waals surface area contributed by atoms with Crippen LogP contribution in [-0.2, 0) is 6.54 Å². The Kier molecular flexibility index (Phi) is 7.89. The van der Waals surface area contributed by atoms with Crippen LogP contribution in [-0.4, -0.2) is 35.3 Å². The second kappa shape index (κ2) is 9.92. The Bertz CT molecular complexity index is 828. The van der Waals surface area contributed by atoms with Gasteiger partial charge in [-0.15, -0.1) is 12.4 Å². The topological polar surface area (TPSA) is 89.2 Å². The van der Waals surface area contributed by atoms with Gasteiger partial charge in [0.25, 0.3) is 5.91 Å². The maximum absolute atomic E-state index is 12.4. The molecule has 1 saturated heterocycles. The first-order chi connectivity index (χ1) is 12.5. The molecule has 2 N–H and O–H groups in total. The summed E-state index contributed by atoms with van der Waals surface area (Å²) in [6.07, 6.45) is 6.01. The van der Waals surface area contributed by atoms with E-state index in [0.29, 0.717) is 35.9 Å². The molecule has 1 aliphatic heterocycles. The van der Waals surface area contributed by atoms with Crippen LogP contribution in [0.5, 0.6) is 0 Å². The van der Waals surface area contributed by atoms with E-state index in [-0.39, 0.29) is 23.9 Å². The monoisotopic (exact) mass is 414 g/mol. The van der Waals surface area contributed by atoms with Crippen molar-refractivity contribution >= 4 is 29.9 Å². The smallest absolute Gasteiger partial charge is 0.349 e. The predicted octanol–water partition coefficient (Wildman–Crippen LogP) is 2.51. The fourth-order valence-corrected chi connectivity index (χ4v) is 3.35. The van der Waals surface area contributed by atoms with Gasteiger partial charge in [-0.3, -0.25) is 9.48 Å². The quantitative estimate of drug-likeness (QED) is 0.708. The molecule has 1 fully saturated rings. The van der Waals surface area contributed by atoms with E-state index in [1.165, 1.54) is 0 Å². The van der Waals surface area contributed by atoms with Gasteiger partial charge in [-0.2, -0.15) is 5.10 Å². The zero-order valence-corrected chi connectivity index (χ0v) is 16.7. The molecule has 0 spiro atoms. The molecule has 1 aliphatic rings. The Morgan fingerprint density at radius 2 is 2.33 bits per heavy atom. The Balaban J connectivity index is 0.00000261. The van der Waals surface area contributed by atoms with E-state index in [4.69, 9.17) is 16.0 Å². The average Bonchev–Trinajstić information content (AvgIpc) is 3.04. The molecule has 7 nitrogen and oxygen atoms in total. The van der Waals surface area contributed by atoms with Crippen LogP contribution in [0.4, 0.5) is 0 Å². The molecule has 1 atom stereocenters. The fraction of sp³-hybridized carbons (Fsp3) is 0.500. The van der Waals surface area contributed by atoms with Crippen molar-refractivity contribution < 1.29 is 9.21 Å². The number of amides is 1. The molecular formula is C18H24Cl2N4O3. The SMILES string of the molecule is Cc1cc(C2CCCNC2)oc(=O)c1C(=O)NCCCn1cc(Cl)cn1.Cl. The van der Waals surface area contributed by atoms with Crippen LogP contribution in [0.1, 0.15) is 46.9 Å². The number of nitrogens with one attached hydrogen (secondary N) is 2. The van der Waals surface area contributed by atoms with E-state index in [1.807, 2.05) is 6.07 Å². The van der Waals surface area contributed by atoms with Gasteiger partial charge in [-0.1, -0.05) is 11.6 Å². The van der Waals surface area contributed by atoms with Crippen molar-refractivity contribution in [2.45, 2.75) is 38.6 Å². The average molecular weight is 415 g/mol. The molecule has 3 rings (SSSR count). The van der Waals surface area contributed by atoms with E-state index in [9.17, 15) is 9.59 Å². The molecule has 2 aromatic rings. The van der Waals surface area contributed by atoms with Crippen LogP contribution in [0.25, 0.3) is 0 Å². The molecule has 1 amide bonds. The van der Waals surface area contributed by atoms with E-state index in [0.717, 1.165) is 25.9 Å². The Morgan fingerprint density at radius 1 is 1.52 bits per heavy atom. The third-order valence-corrected chi connectivity index (χ3v) is 4.74. The summed E-state index contributed by atoms with van der Waals surface area (Å²) >= 11 is 5.81. The van der Waals surface area contributed by atoms with Crippen LogP contribution in [0.3, 0.4) is 0 Å². The maximum atomic E-state index is 12.4. The minimum Gasteiger partial charge on any atom is -0.427 e. The number of hydrogen-bond donors (Lipinski definition) is 2. The molecule has 2 aromatic heterocycles. The number of aryl methyl sites for hydroxylation is 2. The van der Waals surface area contributed by atoms with Crippen molar-refractivity contribution in [2.24, 2.45) is 0 Å². The summed E-state index contributed by atoms with van der Waals surface area (Å²) < 4.78 is 7.15. The zero-order valence-electron chi connectivity index (χ0n) is 15.2. The van der Waals surface area contributed by atoms with Crippen molar-refractivity contribution in [3.63, 3.8) is 0 Å². The lowest BCUT2D eigenvalue weighted by Crippen LogP contribution is -2.32. The standard InChI is InChI=1S/C18H23ClN4O3.ClH/c1-12-8-15(13-4-2-5-20-9-13)26-18(25)16(12)17(24)21-6-3-7-23-11-14(19)10-22-23;/h8,10-11,13,20H,2-7,9H2,1H3,(H,21,24);1H. The molecule has 27 heavy (non-hydrogen) atoms. The normalized spacial score (nSPS) is 16.6. The molecule has 1 unspecified atom stereocenters. The maximum Gasteiger partial charge on any atom is 0.349 e. The van der Waals surface area contributed by atoms with Crippen LogP contribution >= 0.6 is 24.0 Å². The van der Waals surface area contributed by atoms with Gasteiger partial charge in [-0.05, 0) is 44.4 Å². The van der Waals surface area contributed by atoms with Crippen LogP contribution in [0, 0.1) is 6.92 Å². The first-order valence-corrected chi connectivity index (χ1v) is 9.24. The first kappa shape index (κ1) is 21.5. The van der Waals surface area contributed by atoms with Gasteiger partial charge in [0.2, 0.25) is 0 Å². The van der Waals surface area contributed by atoms with E-state index in [2.05, 4.69) is 15.7 Å². The third-order valence-electron chi connectivity index (χ3n) is 4.55. The summed E-state index contributed by atoms with van der Waals surface area (Å²) in [5, 5.41) is 10.7. The summed E-state index contributed by atoms with van der Waals surface area (Å²) in [7, 11) is 0. The molecular weight excluding hydrogens is 391 g/mol.